The molecule has 128 valence electrons. The number of imidazole rings is 1. The molecule has 0 N–H and O–H groups in total. The Labute approximate surface area is 142 Å². The molecule has 1 aromatic heterocycles. The van der Waals surface area contributed by atoms with Crippen LogP contribution < -0.4 is 4.90 Å². The monoisotopic (exact) mass is 328 g/mol. The summed E-state index contributed by atoms with van der Waals surface area (Å²) in [5, 5.41) is 0. The summed E-state index contributed by atoms with van der Waals surface area (Å²) in [4.78, 5) is 21.3. The van der Waals surface area contributed by atoms with E-state index in [2.05, 4.69) is 14.5 Å². The lowest BCUT2D eigenvalue weighted by Crippen LogP contribution is -2.55. The van der Waals surface area contributed by atoms with E-state index >= 15 is 0 Å². The van der Waals surface area contributed by atoms with Crippen LogP contribution in [0.4, 0.5) is 5.69 Å². The van der Waals surface area contributed by atoms with Crippen molar-refractivity contribution in [2.75, 3.05) is 31.7 Å². The number of benzene rings is 1. The molecule has 0 aliphatic carbocycles. The number of para-hydroxylation sites is 1. The van der Waals surface area contributed by atoms with Crippen LogP contribution in [0.2, 0.25) is 0 Å². The highest BCUT2D eigenvalue weighted by molar-refractivity contribution is 5.97. The van der Waals surface area contributed by atoms with Gasteiger partial charge in [-0.05, 0) is 19.1 Å². The van der Waals surface area contributed by atoms with Crippen LogP contribution in [0.3, 0.4) is 0 Å². The van der Waals surface area contributed by atoms with Gasteiger partial charge in [-0.25, -0.2) is 4.98 Å². The number of carbonyl (C=O) groups is 1. The summed E-state index contributed by atoms with van der Waals surface area (Å²) in [5.41, 5.74) is 0.968. The molecular weight excluding hydrogens is 304 g/mol. The van der Waals surface area contributed by atoms with Gasteiger partial charge >= 0.3 is 0 Å². The average Bonchev–Trinajstić information content (AvgIpc) is 3.05. The molecule has 6 heteroatoms. The predicted octanol–water partition coefficient (Wildman–Crippen LogP) is 1.77. The van der Waals surface area contributed by atoms with Crippen LogP contribution in [0.25, 0.3) is 0 Å². The van der Waals surface area contributed by atoms with Crippen molar-refractivity contribution in [3.63, 3.8) is 0 Å². The van der Waals surface area contributed by atoms with Gasteiger partial charge in [0.2, 0.25) is 5.91 Å². The minimum absolute atomic E-state index is 0.141. The topological polar surface area (TPSA) is 50.6 Å². The maximum atomic E-state index is 12.8. The summed E-state index contributed by atoms with van der Waals surface area (Å²) < 4.78 is 7.23. The van der Waals surface area contributed by atoms with Gasteiger partial charge in [-0.1, -0.05) is 18.2 Å². The molecule has 3 rings (SSSR count). The van der Waals surface area contributed by atoms with Gasteiger partial charge in [-0.3, -0.25) is 9.69 Å². The highest BCUT2D eigenvalue weighted by Gasteiger charge is 2.32. The number of amides is 1. The van der Waals surface area contributed by atoms with Crippen molar-refractivity contribution >= 4 is 11.6 Å². The third-order valence-corrected chi connectivity index (χ3v) is 4.53. The molecule has 0 saturated carbocycles. The second kappa shape index (κ2) is 7.59. The number of ether oxygens (including phenoxy) is 1. The zero-order valence-corrected chi connectivity index (χ0v) is 14.3. The predicted molar refractivity (Wildman–Crippen MR) is 92.8 cm³/mol. The molecule has 1 fully saturated rings. The first-order valence-electron chi connectivity index (χ1n) is 8.30. The molecule has 1 unspecified atom stereocenters. The van der Waals surface area contributed by atoms with Crippen LogP contribution in [0.15, 0.2) is 42.7 Å². The maximum absolute atomic E-state index is 12.8. The van der Waals surface area contributed by atoms with E-state index in [1.807, 2.05) is 48.4 Å². The lowest BCUT2D eigenvalue weighted by molar-refractivity contribution is -0.125. The van der Waals surface area contributed by atoms with Gasteiger partial charge in [0.05, 0.1) is 19.2 Å². The smallest absolute Gasteiger partial charge is 0.244 e. The minimum atomic E-state index is -0.161. The van der Waals surface area contributed by atoms with Gasteiger partial charge in [-0.15, -0.1) is 0 Å². The van der Waals surface area contributed by atoms with Crippen molar-refractivity contribution < 1.29 is 9.53 Å². The number of piperazine rings is 1. The quantitative estimate of drug-likeness (QED) is 0.811. The molecule has 1 aromatic carbocycles. The summed E-state index contributed by atoms with van der Waals surface area (Å²) in [6.45, 7) is 5.61. The number of nitrogens with zero attached hydrogens (tertiary/aromatic N) is 4. The maximum Gasteiger partial charge on any atom is 0.244 e. The molecule has 0 spiro atoms. The summed E-state index contributed by atoms with van der Waals surface area (Å²) in [6.07, 6.45) is 3.76. The molecular formula is C18H24N4O2. The molecule has 1 aliphatic rings. The van der Waals surface area contributed by atoms with Crippen LogP contribution in [0.5, 0.6) is 0 Å². The number of aromatic nitrogens is 2. The third kappa shape index (κ3) is 3.49. The van der Waals surface area contributed by atoms with E-state index in [0.717, 1.165) is 24.6 Å². The molecule has 2 heterocycles. The highest BCUT2D eigenvalue weighted by Crippen LogP contribution is 2.21. The summed E-state index contributed by atoms with van der Waals surface area (Å²) >= 11 is 0. The molecule has 1 aliphatic heterocycles. The fourth-order valence-corrected chi connectivity index (χ4v) is 3.06. The first kappa shape index (κ1) is 16.7. The fourth-order valence-electron chi connectivity index (χ4n) is 3.06. The Morgan fingerprint density at radius 1 is 1.25 bits per heavy atom. The normalized spacial score (nSPS) is 19.0. The molecule has 1 amide bonds. The van der Waals surface area contributed by atoms with Crippen molar-refractivity contribution in [3.8, 4) is 0 Å². The lowest BCUT2D eigenvalue weighted by atomic mass is 10.1. The largest absolute Gasteiger partial charge is 0.383 e. The van der Waals surface area contributed by atoms with E-state index in [0.29, 0.717) is 19.7 Å². The van der Waals surface area contributed by atoms with E-state index in [4.69, 9.17) is 4.74 Å². The first-order chi connectivity index (χ1) is 11.7. The van der Waals surface area contributed by atoms with Gasteiger partial charge in [0, 0.05) is 44.8 Å². The number of hydrogen-bond donors (Lipinski definition) is 0. The van der Waals surface area contributed by atoms with Crippen LogP contribution in [-0.2, 0) is 22.6 Å². The second-order valence-electron chi connectivity index (χ2n) is 6.00. The molecule has 0 radical (unpaired) electrons. The zero-order valence-electron chi connectivity index (χ0n) is 14.3. The third-order valence-electron chi connectivity index (χ3n) is 4.53. The molecule has 1 atom stereocenters. The second-order valence-corrected chi connectivity index (χ2v) is 6.00. The van der Waals surface area contributed by atoms with Gasteiger partial charge < -0.3 is 14.2 Å². The van der Waals surface area contributed by atoms with Crippen molar-refractivity contribution in [2.24, 2.45) is 0 Å². The standard InChI is InChI=1S/C18H24N4O2/c1-15-18(23)22(16-6-4-3-5-7-16)11-10-21(15)14-17-19-8-9-20(17)12-13-24-2/h3-9,15H,10-14H2,1-2H3. The van der Waals surface area contributed by atoms with Gasteiger partial charge in [-0.2, -0.15) is 0 Å². The molecule has 1 saturated heterocycles. The summed E-state index contributed by atoms with van der Waals surface area (Å²) in [5.74, 6) is 1.11. The van der Waals surface area contributed by atoms with Crippen LogP contribution in [0.1, 0.15) is 12.7 Å². The molecule has 2 aromatic rings. The average molecular weight is 328 g/mol. The van der Waals surface area contributed by atoms with Crippen molar-refractivity contribution in [2.45, 2.75) is 26.1 Å². The lowest BCUT2D eigenvalue weighted by Gasteiger charge is -2.39. The Morgan fingerprint density at radius 3 is 2.79 bits per heavy atom. The van der Waals surface area contributed by atoms with E-state index in [1.165, 1.54) is 0 Å². The Hall–Kier alpha value is -2.18. The van der Waals surface area contributed by atoms with Gasteiger partial charge in [0.15, 0.2) is 0 Å². The van der Waals surface area contributed by atoms with E-state index < -0.39 is 0 Å². The summed E-state index contributed by atoms with van der Waals surface area (Å²) in [6, 6.07) is 9.70. The van der Waals surface area contributed by atoms with Gasteiger partial charge in [0.25, 0.3) is 0 Å². The Bertz CT molecular complexity index is 671. The van der Waals surface area contributed by atoms with Crippen molar-refractivity contribution in [3.05, 3.63) is 48.5 Å². The molecule has 6 nitrogen and oxygen atoms in total. The van der Waals surface area contributed by atoms with Crippen LogP contribution in [-0.4, -0.2) is 53.2 Å². The molecule has 0 bridgehead atoms. The number of carbonyl (C=O) groups excluding carboxylic acids is 1. The Kier molecular flexibility index (Phi) is 5.27. The van der Waals surface area contributed by atoms with Crippen molar-refractivity contribution in [1.29, 1.82) is 0 Å². The SMILES string of the molecule is COCCn1ccnc1CN1CCN(c2ccccc2)C(=O)C1C. The minimum Gasteiger partial charge on any atom is -0.383 e. The van der Waals surface area contributed by atoms with Crippen molar-refractivity contribution in [1.82, 2.24) is 14.5 Å². The van der Waals surface area contributed by atoms with E-state index in [9.17, 15) is 4.79 Å². The zero-order chi connectivity index (χ0) is 16.9. The van der Waals surface area contributed by atoms with Crippen LogP contribution in [0, 0.1) is 0 Å². The Morgan fingerprint density at radius 2 is 2.04 bits per heavy atom. The van der Waals surface area contributed by atoms with Crippen LogP contribution >= 0.6 is 0 Å². The first-order valence-corrected chi connectivity index (χ1v) is 8.30. The number of hydrogen-bond acceptors (Lipinski definition) is 4. The summed E-state index contributed by atoms with van der Waals surface area (Å²) in [7, 11) is 1.69. The van der Waals surface area contributed by atoms with E-state index in [1.54, 1.807) is 13.3 Å². The molecule has 24 heavy (non-hydrogen) atoms. The Balaban J connectivity index is 1.67. The highest BCUT2D eigenvalue weighted by atomic mass is 16.5. The fraction of sp³-hybridized carbons (Fsp3) is 0.444. The van der Waals surface area contributed by atoms with Gasteiger partial charge in [0.1, 0.15) is 5.82 Å². The number of anilines is 1. The number of rotatable bonds is 6. The number of methoxy groups -OCH3 is 1. The van der Waals surface area contributed by atoms with E-state index in [-0.39, 0.29) is 11.9 Å².